The fourth-order valence-electron chi connectivity index (χ4n) is 3.29. The van der Waals surface area contributed by atoms with E-state index in [1.165, 1.54) is 0 Å². The maximum Gasteiger partial charge on any atom is 0.167 e. The van der Waals surface area contributed by atoms with Crippen molar-refractivity contribution in [3.05, 3.63) is 81.4 Å². The molecule has 0 aliphatic heterocycles. The first-order valence-electron chi connectivity index (χ1n) is 8.21. The van der Waals surface area contributed by atoms with E-state index < -0.39 is 0 Å². The molecule has 0 spiro atoms. The number of allylic oxidation sites excluding steroid dienone is 2. The molecule has 4 heteroatoms. The fraction of sp³-hybridized carbons (Fsp3) is 0.238. The number of rotatable bonds is 4. The van der Waals surface area contributed by atoms with Crippen LogP contribution in [0.25, 0.3) is 0 Å². The molecule has 0 saturated carbocycles. The van der Waals surface area contributed by atoms with Gasteiger partial charge in [0.2, 0.25) is 0 Å². The Balaban J connectivity index is 1.90. The van der Waals surface area contributed by atoms with Crippen molar-refractivity contribution in [2.45, 2.75) is 19.8 Å². The van der Waals surface area contributed by atoms with Crippen molar-refractivity contribution in [1.82, 2.24) is 0 Å². The molecule has 2 nitrogen and oxygen atoms in total. The molecule has 2 aromatic rings. The Bertz CT molecular complexity index is 820. The number of carbonyl (C=O) groups is 2. The van der Waals surface area contributed by atoms with Crippen LogP contribution in [0.15, 0.2) is 60.2 Å². The third-order valence-electron chi connectivity index (χ3n) is 4.68. The van der Waals surface area contributed by atoms with Gasteiger partial charge in [0, 0.05) is 33.0 Å². The van der Waals surface area contributed by atoms with E-state index in [-0.39, 0.29) is 23.4 Å². The Morgan fingerprint density at radius 2 is 1.24 bits per heavy atom. The first kappa shape index (κ1) is 17.9. The van der Waals surface area contributed by atoms with E-state index >= 15 is 0 Å². The molecule has 2 atom stereocenters. The molecule has 1 aliphatic rings. The Morgan fingerprint density at radius 1 is 0.800 bits per heavy atom. The lowest BCUT2D eigenvalue weighted by molar-refractivity contribution is 0.0757. The Hall–Kier alpha value is -1.90. The number of halogens is 2. The van der Waals surface area contributed by atoms with Crippen molar-refractivity contribution >= 4 is 34.8 Å². The van der Waals surface area contributed by atoms with Crippen molar-refractivity contribution in [2.75, 3.05) is 0 Å². The maximum atomic E-state index is 13.0. The van der Waals surface area contributed by atoms with E-state index in [2.05, 4.69) is 6.08 Å². The van der Waals surface area contributed by atoms with E-state index in [4.69, 9.17) is 23.2 Å². The normalized spacial score (nSPS) is 20.0. The molecule has 0 radical (unpaired) electrons. The second-order valence-electron chi connectivity index (χ2n) is 6.45. The van der Waals surface area contributed by atoms with E-state index in [1.54, 1.807) is 48.5 Å². The number of hydrogen-bond donors (Lipinski definition) is 0. The monoisotopic (exact) mass is 372 g/mol. The highest BCUT2D eigenvalue weighted by Gasteiger charge is 2.36. The van der Waals surface area contributed by atoms with Gasteiger partial charge >= 0.3 is 0 Å². The number of carbonyl (C=O) groups excluding carboxylic acids is 2. The smallest absolute Gasteiger partial charge is 0.167 e. The zero-order valence-corrected chi connectivity index (χ0v) is 15.3. The van der Waals surface area contributed by atoms with Crippen LogP contribution in [0.2, 0.25) is 10.0 Å². The minimum atomic E-state index is -0.354. The highest BCUT2D eigenvalue weighted by Crippen LogP contribution is 2.35. The van der Waals surface area contributed by atoms with Crippen molar-refractivity contribution in [3.8, 4) is 0 Å². The summed E-state index contributed by atoms with van der Waals surface area (Å²) >= 11 is 11.8. The SMILES string of the molecule is CC1=CCC(C(=O)c2ccc(Cl)cc2)C(C(=O)c2ccc(Cl)cc2)C1. The van der Waals surface area contributed by atoms with Gasteiger partial charge in [-0.3, -0.25) is 9.59 Å². The molecule has 0 saturated heterocycles. The van der Waals surface area contributed by atoms with Crippen molar-refractivity contribution in [2.24, 2.45) is 11.8 Å². The molecule has 3 rings (SSSR count). The fourth-order valence-corrected chi connectivity index (χ4v) is 3.54. The number of ketones is 2. The van der Waals surface area contributed by atoms with Gasteiger partial charge in [-0.15, -0.1) is 0 Å². The molecule has 25 heavy (non-hydrogen) atoms. The van der Waals surface area contributed by atoms with Gasteiger partial charge in [-0.05, 0) is 68.3 Å². The first-order valence-corrected chi connectivity index (χ1v) is 8.96. The predicted octanol–water partition coefficient (Wildman–Crippen LogP) is 6.03. The summed E-state index contributed by atoms with van der Waals surface area (Å²) in [6.07, 6.45) is 3.24. The zero-order chi connectivity index (χ0) is 18.0. The summed E-state index contributed by atoms with van der Waals surface area (Å²) in [5, 5.41) is 1.18. The first-order chi connectivity index (χ1) is 12.0. The Morgan fingerprint density at radius 3 is 1.72 bits per heavy atom. The lowest BCUT2D eigenvalue weighted by Gasteiger charge is -2.28. The lowest BCUT2D eigenvalue weighted by atomic mass is 9.73. The second kappa shape index (κ2) is 7.55. The van der Waals surface area contributed by atoms with Crippen LogP contribution in [-0.4, -0.2) is 11.6 Å². The highest BCUT2D eigenvalue weighted by molar-refractivity contribution is 6.31. The summed E-state index contributed by atoms with van der Waals surface area (Å²) in [7, 11) is 0. The van der Waals surface area contributed by atoms with E-state index in [0.717, 1.165) is 5.57 Å². The number of benzene rings is 2. The average molecular weight is 373 g/mol. The molecule has 2 unspecified atom stereocenters. The molecule has 0 N–H and O–H groups in total. The summed E-state index contributed by atoms with van der Waals surface area (Å²) in [5.41, 5.74) is 2.33. The van der Waals surface area contributed by atoms with Gasteiger partial charge in [0.25, 0.3) is 0 Å². The third kappa shape index (κ3) is 4.02. The van der Waals surface area contributed by atoms with E-state index in [9.17, 15) is 9.59 Å². The molecular formula is C21H18Cl2O2. The lowest BCUT2D eigenvalue weighted by Crippen LogP contribution is -2.32. The maximum absolute atomic E-state index is 13.0. The van der Waals surface area contributed by atoms with Gasteiger partial charge < -0.3 is 0 Å². The zero-order valence-electron chi connectivity index (χ0n) is 13.8. The van der Waals surface area contributed by atoms with Crippen LogP contribution in [0, 0.1) is 11.8 Å². The molecule has 128 valence electrons. The van der Waals surface area contributed by atoms with Crippen LogP contribution in [0.5, 0.6) is 0 Å². The van der Waals surface area contributed by atoms with E-state index in [0.29, 0.717) is 34.0 Å². The van der Waals surface area contributed by atoms with Gasteiger partial charge in [0.15, 0.2) is 11.6 Å². The molecule has 2 aromatic carbocycles. The van der Waals surface area contributed by atoms with Crippen LogP contribution in [0.4, 0.5) is 0 Å². The van der Waals surface area contributed by atoms with Crippen LogP contribution in [0.3, 0.4) is 0 Å². The summed E-state index contributed by atoms with van der Waals surface area (Å²) in [5.74, 6) is -0.716. The van der Waals surface area contributed by atoms with Crippen LogP contribution in [0.1, 0.15) is 40.5 Å². The summed E-state index contributed by atoms with van der Waals surface area (Å²) in [6, 6.07) is 13.7. The molecule has 0 bridgehead atoms. The van der Waals surface area contributed by atoms with Gasteiger partial charge in [-0.1, -0.05) is 34.9 Å². The Labute approximate surface area is 157 Å². The number of Topliss-reactive ketones (excluding diaryl/α,β-unsaturated/α-hetero) is 2. The summed E-state index contributed by atoms with van der Waals surface area (Å²) in [4.78, 5) is 26.0. The predicted molar refractivity (Wildman–Crippen MR) is 102 cm³/mol. The molecule has 0 heterocycles. The summed E-state index contributed by atoms with van der Waals surface area (Å²) < 4.78 is 0. The van der Waals surface area contributed by atoms with Crippen LogP contribution < -0.4 is 0 Å². The average Bonchev–Trinajstić information content (AvgIpc) is 2.62. The Kier molecular flexibility index (Phi) is 5.41. The van der Waals surface area contributed by atoms with Gasteiger partial charge in [-0.25, -0.2) is 0 Å². The molecule has 1 aliphatic carbocycles. The molecule has 0 aromatic heterocycles. The van der Waals surface area contributed by atoms with Crippen molar-refractivity contribution < 1.29 is 9.59 Å². The summed E-state index contributed by atoms with van der Waals surface area (Å²) in [6.45, 7) is 2.01. The molecule has 0 fully saturated rings. The topological polar surface area (TPSA) is 34.1 Å². The van der Waals surface area contributed by atoms with Crippen molar-refractivity contribution in [3.63, 3.8) is 0 Å². The van der Waals surface area contributed by atoms with Crippen LogP contribution >= 0.6 is 23.2 Å². The largest absolute Gasteiger partial charge is 0.294 e. The minimum absolute atomic E-state index is 0.00331. The quantitative estimate of drug-likeness (QED) is 0.484. The van der Waals surface area contributed by atoms with Gasteiger partial charge in [0.1, 0.15) is 0 Å². The number of hydrogen-bond acceptors (Lipinski definition) is 2. The standard InChI is InChI=1S/C21H18Cl2O2/c1-13-2-11-18(20(24)14-3-7-16(22)8-4-14)19(12-13)21(25)15-5-9-17(23)10-6-15/h2-10,18-19H,11-12H2,1H3. The van der Waals surface area contributed by atoms with Gasteiger partial charge in [0.05, 0.1) is 0 Å². The van der Waals surface area contributed by atoms with Crippen molar-refractivity contribution in [1.29, 1.82) is 0 Å². The van der Waals surface area contributed by atoms with Gasteiger partial charge in [-0.2, -0.15) is 0 Å². The van der Waals surface area contributed by atoms with E-state index in [1.807, 2.05) is 6.92 Å². The molecule has 0 amide bonds. The highest BCUT2D eigenvalue weighted by atomic mass is 35.5. The molecular weight excluding hydrogens is 355 g/mol. The second-order valence-corrected chi connectivity index (χ2v) is 7.32. The minimum Gasteiger partial charge on any atom is -0.294 e. The van der Waals surface area contributed by atoms with Crippen LogP contribution in [-0.2, 0) is 0 Å². The third-order valence-corrected chi connectivity index (χ3v) is 5.18.